The molecule has 3 nitrogen and oxygen atoms in total. The summed E-state index contributed by atoms with van der Waals surface area (Å²) in [6.45, 7) is 4.19. The van der Waals surface area contributed by atoms with Gasteiger partial charge >= 0.3 is 6.09 Å². The Morgan fingerprint density at radius 1 is 1.33 bits per heavy atom. The summed E-state index contributed by atoms with van der Waals surface area (Å²) < 4.78 is 41.5. The maximum absolute atomic E-state index is 14.0. The highest BCUT2D eigenvalue weighted by Crippen LogP contribution is 2.55. The van der Waals surface area contributed by atoms with Gasteiger partial charge in [-0.05, 0) is 23.1 Å². The van der Waals surface area contributed by atoms with Crippen molar-refractivity contribution in [2.75, 3.05) is 6.54 Å². The van der Waals surface area contributed by atoms with E-state index in [-0.39, 0.29) is 5.56 Å². The highest BCUT2D eigenvalue weighted by molar-refractivity contribution is 5.68. The number of rotatable bonds is 1. The maximum atomic E-state index is 14.0. The minimum absolute atomic E-state index is 0.259. The van der Waals surface area contributed by atoms with Crippen molar-refractivity contribution in [1.29, 1.82) is 0 Å². The molecule has 1 aromatic rings. The summed E-state index contributed by atoms with van der Waals surface area (Å²) in [5.41, 5.74) is -2.03. The molecule has 1 atom stereocenters. The Bertz CT molecular complexity index is 568. The van der Waals surface area contributed by atoms with E-state index in [4.69, 9.17) is 0 Å². The summed E-state index contributed by atoms with van der Waals surface area (Å²) >= 11 is 0. The molecule has 1 aliphatic rings. The topological polar surface area (TPSA) is 40.5 Å². The van der Waals surface area contributed by atoms with E-state index >= 15 is 0 Å². The first-order valence-electron chi connectivity index (χ1n) is 6.64. The van der Waals surface area contributed by atoms with Crippen LogP contribution in [-0.2, 0) is 5.54 Å². The molecule has 0 aromatic heterocycles. The standard InChI is InChI=1S/C15H18F3NO2/c1-13(2,3)15(10-5-4-6-11(16)7-10)8-14(17,18)9-19(15)12(20)21/h4-7H,8-9H2,1-3H3,(H,20,21). The van der Waals surface area contributed by atoms with E-state index in [9.17, 15) is 23.1 Å². The molecule has 1 unspecified atom stereocenters. The number of likely N-dealkylation sites (tertiary alicyclic amines) is 1. The molecule has 1 N–H and O–H groups in total. The van der Waals surface area contributed by atoms with Gasteiger partial charge in [-0.1, -0.05) is 32.9 Å². The lowest BCUT2D eigenvalue weighted by atomic mass is 9.67. The van der Waals surface area contributed by atoms with E-state index in [1.807, 2.05) is 0 Å². The maximum Gasteiger partial charge on any atom is 0.408 e. The molecule has 1 aromatic carbocycles. The Hall–Kier alpha value is -1.72. The van der Waals surface area contributed by atoms with Crippen LogP contribution in [0.4, 0.5) is 18.0 Å². The number of nitrogens with zero attached hydrogens (tertiary/aromatic N) is 1. The SMILES string of the molecule is CC(C)(C)C1(c2cccc(F)c2)CC(F)(F)CN1C(=O)O. The largest absolute Gasteiger partial charge is 0.465 e. The molecule has 0 aliphatic carbocycles. The molecule has 0 saturated carbocycles. The fourth-order valence-electron chi connectivity index (χ4n) is 3.23. The molecule has 0 bridgehead atoms. The van der Waals surface area contributed by atoms with E-state index in [0.29, 0.717) is 0 Å². The van der Waals surface area contributed by atoms with Crippen LogP contribution in [0.25, 0.3) is 0 Å². The molecular formula is C15H18F3NO2. The zero-order valence-corrected chi connectivity index (χ0v) is 12.2. The second-order valence-corrected chi connectivity index (χ2v) is 6.52. The van der Waals surface area contributed by atoms with E-state index in [2.05, 4.69) is 0 Å². The lowest BCUT2D eigenvalue weighted by molar-refractivity contribution is 0.00319. The Morgan fingerprint density at radius 2 is 1.95 bits per heavy atom. The summed E-state index contributed by atoms with van der Waals surface area (Å²) in [5, 5.41) is 9.37. The molecule has 1 aliphatic heterocycles. The van der Waals surface area contributed by atoms with Gasteiger partial charge in [0.2, 0.25) is 0 Å². The van der Waals surface area contributed by atoms with Gasteiger partial charge in [-0.3, -0.25) is 4.90 Å². The number of benzene rings is 1. The minimum Gasteiger partial charge on any atom is -0.465 e. The number of alkyl halides is 2. The van der Waals surface area contributed by atoms with Crippen LogP contribution in [0.15, 0.2) is 24.3 Å². The summed E-state index contributed by atoms with van der Waals surface area (Å²) in [6.07, 6.45) is -2.08. The number of halogens is 3. The van der Waals surface area contributed by atoms with Crippen LogP contribution < -0.4 is 0 Å². The first-order chi connectivity index (χ1) is 9.49. The number of hydrogen-bond donors (Lipinski definition) is 1. The number of carbonyl (C=O) groups is 1. The van der Waals surface area contributed by atoms with Crippen molar-refractivity contribution in [3.8, 4) is 0 Å². The molecular weight excluding hydrogens is 283 g/mol. The number of carboxylic acid groups (broad SMARTS) is 1. The van der Waals surface area contributed by atoms with Crippen molar-refractivity contribution in [3.63, 3.8) is 0 Å². The zero-order chi connectivity index (χ0) is 16.1. The molecule has 0 spiro atoms. The van der Waals surface area contributed by atoms with Crippen molar-refractivity contribution >= 4 is 6.09 Å². The van der Waals surface area contributed by atoms with E-state index in [1.54, 1.807) is 20.8 Å². The molecule has 21 heavy (non-hydrogen) atoms. The number of amides is 1. The van der Waals surface area contributed by atoms with Crippen molar-refractivity contribution < 1.29 is 23.1 Å². The molecule has 116 valence electrons. The third-order valence-corrected chi connectivity index (χ3v) is 4.14. The lowest BCUT2D eigenvalue weighted by Crippen LogP contribution is -2.52. The molecule has 0 radical (unpaired) electrons. The molecule has 1 saturated heterocycles. The van der Waals surface area contributed by atoms with E-state index in [0.717, 1.165) is 11.0 Å². The summed E-state index contributed by atoms with van der Waals surface area (Å²) in [5.74, 6) is -3.71. The molecule has 1 amide bonds. The monoisotopic (exact) mass is 301 g/mol. The third kappa shape index (κ3) is 2.47. The Morgan fingerprint density at radius 3 is 2.43 bits per heavy atom. The first kappa shape index (κ1) is 15.7. The lowest BCUT2D eigenvalue weighted by Gasteiger charge is -2.47. The van der Waals surface area contributed by atoms with Gasteiger partial charge in [-0.25, -0.2) is 18.0 Å². The van der Waals surface area contributed by atoms with Gasteiger partial charge in [-0.2, -0.15) is 0 Å². The molecule has 1 heterocycles. The van der Waals surface area contributed by atoms with Gasteiger partial charge in [0.1, 0.15) is 5.82 Å². The van der Waals surface area contributed by atoms with Gasteiger partial charge < -0.3 is 5.11 Å². The first-order valence-corrected chi connectivity index (χ1v) is 6.64. The highest BCUT2D eigenvalue weighted by Gasteiger charge is 2.62. The zero-order valence-electron chi connectivity index (χ0n) is 12.2. The summed E-state index contributed by atoms with van der Waals surface area (Å²) in [7, 11) is 0. The predicted octanol–water partition coefficient (Wildman–Crippen LogP) is 4.09. The van der Waals surface area contributed by atoms with Crippen LogP contribution >= 0.6 is 0 Å². The van der Waals surface area contributed by atoms with Crippen molar-refractivity contribution in [2.45, 2.75) is 38.7 Å². The van der Waals surface area contributed by atoms with Crippen molar-refractivity contribution in [1.82, 2.24) is 4.90 Å². The van der Waals surface area contributed by atoms with Gasteiger partial charge in [0.05, 0.1) is 12.1 Å². The molecule has 1 fully saturated rings. The molecule has 6 heteroatoms. The van der Waals surface area contributed by atoms with Crippen LogP contribution in [0.1, 0.15) is 32.8 Å². The highest BCUT2D eigenvalue weighted by atomic mass is 19.3. The smallest absolute Gasteiger partial charge is 0.408 e. The predicted molar refractivity (Wildman–Crippen MR) is 71.8 cm³/mol. The number of hydrogen-bond acceptors (Lipinski definition) is 1. The normalized spacial score (nSPS) is 25.1. The summed E-state index contributed by atoms with van der Waals surface area (Å²) in [6, 6.07) is 5.26. The Balaban J connectivity index is 2.70. The molecule has 2 rings (SSSR count). The van der Waals surface area contributed by atoms with Gasteiger partial charge in [0, 0.05) is 6.42 Å². The Labute approximate surface area is 121 Å². The average Bonchev–Trinajstić information content (AvgIpc) is 2.62. The van der Waals surface area contributed by atoms with Crippen LogP contribution in [0.3, 0.4) is 0 Å². The second kappa shape index (κ2) is 4.64. The fourth-order valence-corrected chi connectivity index (χ4v) is 3.23. The van der Waals surface area contributed by atoms with E-state index < -0.39 is 41.8 Å². The second-order valence-electron chi connectivity index (χ2n) is 6.52. The third-order valence-electron chi connectivity index (χ3n) is 4.14. The summed E-state index contributed by atoms with van der Waals surface area (Å²) in [4.78, 5) is 12.3. The van der Waals surface area contributed by atoms with Crippen LogP contribution in [0.2, 0.25) is 0 Å². The van der Waals surface area contributed by atoms with Crippen molar-refractivity contribution in [3.05, 3.63) is 35.6 Å². The quantitative estimate of drug-likeness (QED) is 0.849. The average molecular weight is 301 g/mol. The van der Waals surface area contributed by atoms with Crippen LogP contribution in [-0.4, -0.2) is 28.6 Å². The van der Waals surface area contributed by atoms with Gasteiger partial charge in [-0.15, -0.1) is 0 Å². The Kier molecular flexibility index (Phi) is 3.46. The van der Waals surface area contributed by atoms with Crippen LogP contribution in [0.5, 0.6) is 0 Å². The fraction of sp³-hybridized carbons (Fsp3) is 0.533. The van der Waals surface area contributed by atoms with Crippen LogP contribution in [0, 0.1) is 11.2 Å². The van der Waals surface area contributed by atoms with E-state index in [1.165, 1.54) is 18.2 Å². The minimum atomic E-state index is -3.14. The van der Waals surface area contributed by atoms with Gasteiger partial charge in [0.15, 0.2) is 0 Å². The van der Waals surface area contributed by atoms with Crippen molar-refractivity contribution in [2.24, 2.45) is 5.41 Å². The van der Waals surface area contributed by atoms with Gasteiger partial charge in [0.25, 0.3) is 5.92 Å².